The Labute approximate surface area is 164 Å². The number of ether oxygens (including phenoxy) is 3. The van der Waals surface area contributed by atoms with Crippen molar-refractivity contribution in [3.8, 4) is 11.5 Å². The zero-order valence-electron chi connectivity index (χ0n) is 16.2. The molecule has 0 bridgehead atoms. The molecule has 28 heavy (non-hydrogen) atoms. The summed E-state index contributed by atoms with van der Waals surface area (Å²) in [5.41, 5.74) is 0.662. The smallest absolute Gasteiger partial charge is 0.387 e. The first-order valence-electron chi connectivity index (χ1n) is 9.83. The second-order valence-corrected chi connectivity index (χ2v) is 7.25. The topological polar surface area (TPSA) is 60.0 Å². The van der Waals surface area contributed by atoms with Gasteiger partial charge in [-0.15, -0.1) is 0 Å². The Morgan fingerprint density at radius 3 is 2.68 bits per heavy atom. The van der Waals surface area contributed by atoms with Gasteiger partial charge in [-0.2, -0.15) is 8.78 Å². The van der Waals surface area contributed by atoms with Crippen molar-refractivity contribution in [2.24, 2.45) is 5.92 Å². The van der Waals surface area contributed by atoms with Crippen molar-refractivity contribution < 1.29 is 27.8 Å². The Balaban J connectivity index is 1.48. The predicted octanol–water partition coefficient (Wildman–Crippen LogP) is 3.79. The third kappa shape index (κ3) is 5.47. The van der Waals surface area contributed by atoms with Gasteiger partial charge in [0, 0.05) is 26.2 Å². The van der Waals surface area contributed by atoms with Crippen molar-refractivity contribution in [2.75, 3.05) is 26.8 Å². The van der Waals surface area contributed by atoms with E-state index in [9.17, 15) is 13.6 Å². The molecule has 2 amide bonds. The Morgan fingerprint density at radius 2 is 2.04 bits per heavy atom. The van der Waals surface area contributed by atoms with E-state index in [1.165, 1.54) is 19.6 Å². The maximum Gasteiger partial charge on any atom is 0.387 e. The lowest BCUT2D eigenvalue weighted by Gasteiger charge is -2.37. The molecule has 156 valence electrons. The summed E-state index contributed by atoms with van der Waals surface area (Å²) in [4.78, 5) is 14.3. The molecule has 0 saturated carbocycles. The van der Waals surface area contributed by atoms with E-state index in [1.54, 1.807) is 17.0 Å². The number of carbonyl (C=O) groups is 1. The standard InChI is InChI=1S/C20H28F2N2O4/c1-26-17-6-5-14(12-18(17)28-19(21)22)13-23-20(25)24-9-7-15(8-10-24)16-4-2-3-11-27-16/h5-6,12,15-16,19H,2-4,7-11,13H2,1H3,(H,23,25). The van der Waals surface area contributed by atoms with Gasteiger partial charge in [-0.25, -0.2) is 4.79 Å². The molecular weight excluding hydrogens is 370 g/mol. The number of rotatable bonds is 6. The van der Waals surface area contributed by atoms with Crippen LogP contribution >= 0.6 is 0 Å². The highest BCUT2D eigenvalue weighted by atomic mass is 19.3. The quantitative estimate of drug-likeness (QED) is 0.792. The third-order valence-corrected chi connectivity index (χ3v) is 5.46. The lowest BCUT2D eigenvalue weighted by Crippen LogP contribution is -2.46. The number of urea groups is 1. The highest BCUT2D eigenvalue weighted by Crippen LogP contribution is 2.30. The van der Waals surface area contributed by atoms with Crippen molar-refractivity contribution in [3.63, 3.8) is 0 Å². The van der Waals surface area contributed by atoms with Gasteiger partial charge in [0.1, 0.15) is 0 Å². The summed E-state index contributed by atoms with van der Waals surface area (Å²) in [6.07, 6.45) is 5.74. The van der Waals surface area contributed by atoms with E-state index in [2.05, 4.69) is 10.1 Å². The number of nitrogens with one attached hydrogen (secondary N) is 1. The van der Waals surface area contributed by atoms with Gasteiger partial charge in [0.25, 0.3) is 0 Å². The highest BCUT2D eigenvalue weighted by Gasteiger charge is 2.30. The maximum atomic E-state index is 12.5. The highest BCUT2D eigenvalue weighted by molar-refractivity contribution is 5.74. The second-order valence-electron chi connectivity index (χ2n) is 7.25. The van der Waals surface area contributed by atoms with Crippen molar-refractivity contribution in [2.45, 2.75) is 51.4 Å². The molecule has 6 nitrogen and oxygen atoms in total. The van der Waals surface area contributed by atoms with E-state index in [-0.39, 0.29) is 24.1 Å². The van der Waals surface area contributed by atoms with Crippen LogP contribution in [-0.4, -0.2) is 50.5 Å². The first-order chi connectivity index (χ1) is 13.6. The van der Waals surface area contributed by atoms with Crippen molar-refractivity contribution in [3.05, 3.63) is 23.8 Å². The summed E-state index contributed by atoms with van der Waals surface area (Å²) in [6, 6.07) is 4.58. The summed E-state index contributed by atoms with van der Waals surface area (Å²) in [5.74, 6) is 0.708. The number of benzene rings is 1. The number of methoxy groups -OCH3 is 1. The van der Waals surface area contributed by atoms with E-state index >= 15 is 0 Å². The van der Waals surface area contributed by atoms with E-state index < -0.39 is 6.61 Å². The first-order valence-corrected chi connectivity index (χ1v) is 9.83. The molecule has 2 saturated heterocycles. The van der Waals surface area contributed by atoms with Crippen LogP contribution in [0.1, 0.15) is 37.7 Å². The fourth-order valence-electron chi connectivity index (χ4n) is 3.92. The van der Waals surface area contributed by atoms with Crippen LogP contribution in [0.2, 0.25) is 0 Å². The first kappa shape index (κ1) is 20.6. The van der Waals surface area contributed by atoms with Gasteiger partial charge in [0.2, 0.25) is 0 Å². The average molecular weight is 398 g/mol. The minimum atomic E-state index is -2.94. The zero-order valence-corrected chi connectivity index (χ0v) is 16.2. The second kappa shape index (κ2) is 9.91. The van der Waals surface area contributed by atoms with E-state index in [0.717, 1.165) is 32.3 Å². The minimum Gasteiger partial charge on any atom is -0.493 e. The summed E-state index contributed by atoms with van der Waals surface area (Å²) >= 11 is 0. The number of amides is 2. The number of hydrogen-bond donors (Lipinski definition) is 1. The van der Waals surface area contributed by atoms with Crippen LogP contribution in [0, 0.1) is 5.92 Å². The monoisotopic (exact) mass is 398 g/mol. The fraction of sp³-hybridized carbons (Fsp3) is 0.650. The summed E-state index contributed by atoms with van der Waals surface area (Å²) in [5, 5.41) is 2.85. The molecular formula is C20H28F2N2O4. The summed E-state index contributed by atoms with van der Waals surface area (Å²) in [6.45, 7) is -0.441. The molecule has 0 radical (unpaired) electrons. The number of halogens is 2. The molecule has 3 rings (SSSR count). The van der Waals surface area contributed by atoms with Crippen LogP contribution < -0.4 is 14.8 Å². The van der Waals surface area contributed by atoms with E-state index in [4.69, 9.17) is 9.47 Å². The fourth-order valence-corrected chi connectivity index (χ4v) is 3.92. The lowest BCUT2D eigenvalue weighted by atomic mass is 9.87. The van der Waals surface area contributed by atoms with Crippen molar-refractivity contribution in [1.29, 1.82) is 0 Å². The largest absolute Gasteiger partial charge is 0.493 e. The average Bonchev–Trinajstić information content (AvgIpc) is 2.72. The number of nitrogens with zero attached hydrogens (tertiary/aromatic N) is 1. The molecule has 1 N–H and O–H groups in total. The predicted molar refractivity (Wildman–Crippen MR) is 99.7 cm³/mol. The lowest BCUT2D eigenvalue weighted by molar-refractivity contribution is -0.0512. The molecule has 0 aromatic heterocycles. The van der Waals surface area contributed by atoms with Crippen molar-refractivity contribution >= 4 is 6.03 Å². The molecule has 8 heteroatoms. The van der Waals surface area contributed by atoms with Crippen LogP contribution in [0.4, 0.5) is 13.6 Å². The van der Waals surface area contributed by atoms with Crippen LogP contribution in [0.5, 0.6) is 11.5 Å². The molecule has 2 fully saturated rings. The molecule has 2 aliphatic heterocycles. The molecule has 0 aliphatic carbocycles. The maximum absolute atomic E-state index is 12.5. The number of hydrogen-bond acceptors (Lipinski definition) is 4. The summed E-state index contributed by atoms with van der Waals surface area (Å²) in [7, 11) is 1.39. The third-order valence-electron chi connectivity index (χ3n) is 5.46. The zero-order chi connectivity index (χ0) is 19.9. The number of carbonyl (C=O) groups excluding carboxylic acids is 1. The van der Waals surface area contributed by atoms with E-state index in [1.807, 2.05) is 0 Å². The summed E-state index contributed by atoms with van der Waals surface area (Å²) < 4.78 is 40.4. The molecule has 2 aliphatic rings. The van der Waals surface area contributed by atoms with E-state index in [0.29, 0.717) is 30.7 Å². The van der Waals surface area contributed by atoms with Gasteiger partial charge in [0.15, 0.2) is 11.5 Å². The minimum absolute atomic E-state index is 0.0439. The Morgan fingerprint density at radius 1 is 1.25 bits per heavy atom. The van der Waals surface area contributed by atoms with Crippen LogP contribution in [0.15, 0.2) is 18.2 Å². The molecule has 1 unspecified atom stereocenters. The molecule has 0 spiro atoms. The van der Waals surface area contributed by atoms with Gasteiger partial charge in [-0.1, -0.05) is 6.07 Å². The van der Waals surface area contributed by atoms with Gasteiger partial charge in [-0.05, 0) is 55.7 Å². The molecule has 2 heterocycles. The molecule has 1 atom stereocenters. The molecule has 1 aromatic carbocycles. The van der Waals surface area contributed by atoms with Crippen molar-refractivity contribution in [1.82, 2.24) is 10.2 Å². The SMILES string of the molecule is COc1ccc(CNC(=O)N2CCC(C3CCCCO3)CC2)cc1OC(F)F. The number of likely N-dealkylation sites (tertiary alicyclic amines) is 1. The number of piperidine rings is 1. The normalized spacial score (nSPS) is 20.9. The Bertz CT molecular complexity index is 645. The Kier molecular flexibility index (Phi) is 7.30. The van der Waals surface area contributed by atoms with Gasteiger partial charge in [-0.3, -0.25) is 0 Å². The Hall–Kier alpha value is -2.09. The van der Waals surface area contributed by atoms with Crippen LogP contribution in [0.25, 0.3) is 0 Å². The van der Waals surface area contributed by atoms with Crippen LogP contribution in [0.3, 0.4) is 0 Å². The van der Waals surface area contributed by atoms with Gasteiger partial charge >= 0.3 is 12.6 Å². The number of alkyl halides is 2. The van der Waals surface area contributed by atoms with Crippen LogP contribution in [-0.2, 0) is 11.3 Å². The van der Waals surface area contributed by atoms with Gasteiger partial charge in [0.05, 0.1) is 13.2 Å². The molecule has 1 aromatic rings. The van der Waals surface area contributed by atoms with Gasteiger partial charge < -0.3 is 24.4 Å².